The topological polar surface area (TPSA) is 38.0 Å². The molecule has 0 spiro atoms. The summed E-state index contributed by atoms with van der Waals surface area (Å²) in [5, 5.41) is 7.17. The molecular weight excluding hydrogens is 252 g/mol. The molecule has 102 valence electrons. The smallest absolute Gasteiger partial charge is 0.0392 e. The van der Waals surface area contributed by atoms with Gasteiger partial charge in [0.05, 0.1) is 0 Å². The highest BCUT2D eigenvalue weighted by Gasteiger charge is 2.18. The van der Waals surface area contributed by atoms with Crippen molar-refractivity contribution in [3.05, 3.63) is 29.1 Å². The lowest BCUT2D eigenvalue weighted by molar-refractivity contribution is 0.339. The molecule has 1 fully saturated rings. The third-order valence-electron chi connectivity index (χ3n) is 4.34. The number of hydrogen-bond donors (Lipinski definition) is 2. The van der Waals surface area contributed by atoms with E-state index in [1.807, 2.05) is 11.3 Å². The van der Waals surface area contributed by atoms with Crippen LogP contribution in [-0.2, 0) is 0 Å². The summed E-state index contributed by atoms with van der Waals surface area (Å²) in [5.74, 6) is 0.790. The van der Waals surface area contributed by atoms with Gasteiger partial charge in [0.2, 0.25) is 0 Å². The predicted molar refractivity (Wildman–Crippen MR) is 85.0 cm³/mol. The molecule has 0 saturated heterocycles. The number of aryl methyl sites for hydroxylation is 1. The SMILES string of the molecule is Cc1c(NCC2CCC(N)CC2)ccc2ccsc12. The Morgan fingerprint density at radius 2 is 2.00 bits per heavy atom. The summed E-state index contributed by atoms with van der Waals surface area (Å²) in [7, 11) is 0. The molecule has 1 aliphatic carbocycles. The standard InChI is InChI=1S/C16H22N2S/c1-11-15(7-4-13-8-9-19-16(11)13)18-10-12-2-5-14(17)6-3-12/h4,7-9,12,14,18H,2-3,5-6,10,17H2,1H3. The van der Waals surface area contributed by atoms with Crippen LogP contribution in [-0.4, -0.2) is 12.6 Å². The van der Waals surface area contributed by atoms with E-state index in [1.54, 1.807) is 0 Å². The fourth-order valence-corrected chi connectivity index (χ4v) is 3.92. The molecule has 0 atom stereocenters. The van der Waals surface area contributed by atoms with Gasteiger partial charge in [-0.25, -0.2) is 0 Å². The molecule has 1 saturated carbocycles. The molecule has 2 aromatic rings. The summed E-state index contributed by atoms with van der Waals surface area (Å²) in [5.41, 5.74) is 8.64. The van der Waals surface area contributed by atoms with Gasteiger partial charge in [0, 0.05) is 23.0 Å². The Labute approximate surface area is 119 Å². The fourth-order valence-electron chi connectivity index (χ4n) is 3.01. The molecule has 3 N–H and O–H groups in total. The van der Waals surface area contributed by atoms with Crippen LogP contribution in [0.3, 0.4) is 0 Å². The number of fused-ring (bicyclic) bond motifs is 1. The van der Waals surface area contributed by atoms with Crippen LogP contribution < -0.4 is 11.1 Å². The van der Waals surface area contributed by atoms with Gasteiger partial charge in [0.1, 0.15) is 0 Å². The highest BCUT2D eigenvalue weighted by atomic mass is 32.1. The molecule has 0 aliphatic heterocycles. The second-order valence-electron chi connectivity index (χ2n) is 5.74. The number of anilines is 1. The summed E-state index contributed by atoms with van der Waals surface area (Å²) in [6.07, 6.45) is 4.92. The zero-order valence-electron chi connectivity index (χ0n) is 11.5. The van der Waals surface area contributed by atoms with Gasteiger partial charge in [-0.3, -0.25) is 0 Å². The van der Waals surface area contributed by atoms with Crippen LogP contribution >= 0.6 is 11.3 Å². The van der Waals surface area contributed by atoms with E-state index in [-0.39, 0.29) is 0 Å². The third-order valence-corrected chi connectivity index (χ3v) is 5.39. The maximum atomic E-state index is 5.96. The van der Waals surface area contributed by atoms with Crippen LogP contribution in [0, 0.1) is 12.8 Å². The van der Waals surface area contributed by atoms with Crippen LogP contribution in [0.1, 0.15) is 31.2 Å². The van der Waals surface area contributed by atoms with Crippen molar-refractivity contribution in [1.82, 2.24) is 0 Å². The number of nitrogens with two attached hydrogens (primary N) is 1. The Kier molecular flexibility index (Phi) is 3.76. The van der Waals surface area contributed by atoms with Gasteiger partial charge in [-0.2, -0.15) is 0 Å². The van der Waals surface area contributed by atoms with Crippen LogP contribution in [0.2, 0.25) is 0 Å². The molecule has 19 heavy (non-hydrogen) atoms. The van der Waals surface area contributed by atoms with Crippen molar-refractivity contribution in [3.63, 3.8) is 0 Å². The van der Waals surface area contributed by atoms with Crippen molar-refractivity contribution >= 4 is 27.1 Å². The molecule has 2 nitrogen and oxygen atoms in total. The molecule has 0 bridgehead atoms. The van der Waals surface area contributed by atoms with Crippen LogP contribution in [0.4, 0.5) is 5.69 Å². The molecule has 3 rings (SSSR count). The van der Waals surface area contributed by atoms with Crippen LogP contribution in [0.5, 0.6) is 0 Å². The Morgan fingerprint density at radius 3 is 2.79 bits per heavy atom. The number of rotatable bonds is 3. The first-order chi connectivity index (χ1) is 9.24. The highest BCUT2D eigenvalue weighted by molar-refractivity contribution is 7.17. The molecule has 0 radical (unpaired) electrons. The first-order valence-electron chi connectivity index (χ1n) is 7.20. The summed E-state index contributed by atoms with van der Waals surface area (Å²) in [6, 6.07) is 7.08. The first-order valence-corrected chi connectivity index (χ1v) is 8.08. The van der Waals surface area contributed by atoms with Gasteiger partial charge in [-0.1, -0.05) is 6.07 Å². The van der Waals surface area contributed by atoms with E-state index in [4.69, 9.17) is 5.73 Å². The van der Waals surface area contributed by atoms with Gasteiger partial charge in [-0.15, -0.1) is 11.3 Å². The summed E-state index contributed by atoms with van der Waals surface area (Å²) < 4.78 is 1.41. The van der Waals surface area contributed by atoms with Crippen molar-refractivity contribution in [1.29, 1.82) is 0 Å². The third kappa shape index (κ3) is 2.77. The van der Waals surface area contributed by atoms with Crippen LogP contribution in [0.25, 0.3) is 10.1 Å². The van der Waals surface area contributed by atoms with Crippen molar-refractivity contribution in [2.75, 3.05) is 11.9 Å². The predicted octanol–water partition coefficient (Wildman–Crippen LogP) is 4.14. The molecular formula is C16H22N2S. The highest BCUT2D eigenvalue weighted by Crippen LogP contribution is 2.30. The second-order valence-corrected chi connectivity index (χ2v) is 6.65. The number of hydrogen-bond acceptors (Lipinski definition) is 3. The van der Waals surface area contributed by atoms with E-state index >= 15 is 0 Å². The fraction of sp³-hybridized carbons (Fsp3) is 0.500. The van der Waals surface area contributed by atoms with E-state index < -0.39 is 0 Å². The van der Waals surface area contributed by atoms with E-state index in [2.05, 4.69) is 35.8 Å². The number of nitrogens with one attached hydrogen (secondary N) is 1. The molecule has 1 heterocycles. The van der Waals surface area contributed by atoms with Gasteiger partial charge in [-0.05, 0) is 67.0 Å². The number of benzene rings is 1. The summed E-state index contributed by atoms with van der Waals surface area (Å²) in [6.45, 7) is 3.31. The largest absolute Gasteiger partial charge is 0.385 e. The first kappa shape index (κ1) is 12.9. The van der Waals surface area contributed by atoms with Crippen molar-refractivity contribution in [2.24, 2.45) is 11.7 Å². The quantitative estimate of drug-likeness (QED) is 0.883. The van der Waals surface area contributed by atoms with E-state index in [0.29, 0.717) is 6.04 Å². The minimum atomic E-state index is 0.445. The zero-order valence-corrected chi connectivity index (χ0v) is 12.3. The number of thiophene rings is 1. The maximum Gasteiger partial charge on any atom is 0.0392 e. The maximum absolute atomic E-state index is 5.96. The average molecular weight is 274 g/mol. The van der Waals surface area contributed by atoms with Gasteiger partial charge >= 0.3 is 0 Å². The Balaban J connectivity index is 1.66. The molecule has 1 aliphatic rings. The van der Waals surface area contributed by atoms with Gasteiger partial charge < -0.3 is 11.1 Å². The lowest BCUT2D eigenvalue weighted by atomic mass is 9.86. The normalized spacial score (nSPS) is 23.7. The van der Waals surface area contributed by atoms with Crippen molar-refractivity contribution < 1.29 is 0 Å². The molecule has 3 heteroatoms. The lowest BCUT2D eigenvalue weighted by Gasteiger charge is -2.26. The molecule has 1 aromatic carbocycles. The van der Waals surface area contributed by atoms with E-state index in [0.717, 1.165) is 12.5 Å². The van der Waals surface area contributed by atoms with E-state index in [1.165, 1.54) is 47.0 Å². The minimum Gasteiger partial charge on any atom is -0.385 e. The molecule has 1 aromatic heterocycles. The van der Waals surface area contributed by atoms with E-state index in [9.17, 15) is 0 Å². The molecule has 0 unspecified atom stereocenters. The Morgan fingerprint density at radius 1 is 1.21 bits per heavy atom. The van der Waals surface area contributed by atoms with Crippen LogP contribution in [0.15, 0.2) is 23.6 Å². The average Bonchev–Trinajstić information content (AvgIpc) is 2.89. The Hall–Kier alpha value is -1.06. The monoisotopic (exact) mass is 274 g/mol. The lowest BCUT2D eigenvalue weighted by Crippen LogP contribution is -2.29. The Bertz CT molecular complexity index is 553. The van der Waals surface area contributed by atoms with Gasteiger partial charge in [0.25, 0.3) is 0 Å². The van der Waals surface area contributed by atoms with Gasteiger partial charge in [0.15, 0.2) is 0 Å². The minimum absolute atomic E-state index is 0.445. The summed E-state index contributed by atoms with van der Waals surface area (Å²) >= 11 is 1.83. The summed E-state index contributed by atoms with van der Waals surface area (Å²) in [4.78, 5) is 0. The molecule has 0 amide bonds. The second kappa shape index (κ2) is 5.51. The zero-order chi connectivity index (χ0) is 13.2. The van der Waals surface area contributed by atoms with Crippen molar-refractivity contribution in [3.8, 4) is 0 Å². The van der Waals surface area contributed by atoms with Crippen molar-refractivity contribution in [2.45, 2.75) is 38.6 Å².